The quantitative estimate of drug-likeness (QED) is 0.586. The summed E-state index contributed by atoms with van der Waals surface area (Å²) in [4.78, 5) is 14.2. The molecule has 0 atom stereocenters. The van der Waals surface area contributed by atoms with E-state index in [9.17, 15) is 13.6 Å². The third kappa shape index (κ3) is 3.53. The minimum absolute atomic E-state index is 0.0344. The second kappa shape index (κ2) is 7.78. The summed E-state index contributed by atoms with van der Waals surface area (Å²) in [6, 6.07) is 3.85. The molecule has 26 heavy (non-hydrogen) atoms. The molecule has 0 amide bonds. The van der Waals surface area contributed by atoms with Crippen LogP contribution in [0.3, 0.4) is 0 Å². The zero-order valence-electron chi connectivity index (χ0n) is 14.7. The molecule has 0 saturated carbocycles. The van der Waals surface area contributed by atoms with Crippen molar-refractivity contribution in [2.75, 3.05) is 13.2 Å². The molecular weight excluding hydrogens is 340 g/mol. The fourth-order valence-corrected chi connectivity index (χ4v) is 3.23. The van der Waals surface area contributed by atoms with Gasteiger partial charge in [0.05, 0.1) is 13.2 Å². The van der Waals surface area contributed by atoms with Gasteiger partial charge < -0.3 is 4.74 Å². The van der Waals surface area contributed by atoms with Crippen LogP contribution in [0.25, 0.3) is 0 Å². The second-order valence-corrected chi connectivity index (χ2v) is 6.13. The smallest absolute Gasteiger partial charge is 0.359 e. The van der Waals surface area contributed by atoms with Crippen molar-refractivity contribution < 1.29 is 18.3 Å². The number of allylic oxidation sites excluding steroid dienone is 1. The normalized spacial score (nSPS) is 14.1. The van der Waals surface area contributed by atoms with Crippen LogP contribution in [0.5, 0.6) is 0 Å². The Morgan fingerprint density at radius 2 is 2.12 bits per heavy atom. The van der Waals surface area contributed by atoms with Crippen molar-refractivity contribution in [3.8, 4) is 0 Å². The van der Waals surface area contributed by atoms with Gasteiger partial charge in [0.1, 0.15) is 11.6 Å². The van der Waals surface area contributed by atoms with Crippen molar-refractivity contribution in [1.29, 1.82) is 0 Å². The first kappa shape index (κ1) is 18.3. The van der Waals surface area contributed by atoms with Gasteiger partial charge in [-0.2, -0.15) is 5.10 Å². The summed E-state index contributed by atoms with van der Waals surface area (Å²) in [6.45, 7) is 7.33. The zero-order valence-corrected chi connectivity index (χ0v) is 14.7. The average Bonchev–Trinajstić information content (AvgIpc) is 2.97. The molecule has 2 heterocycles. The number of hydrogen-bond donors (Lipinski definition) is 0. The molecule has 0 fully saturated rings. The Bertz CT molecular complexity index is 812. The van der Waals surface area contributed by atoms with E-state index < -0.39 is 17.6 Å². The van der Waals surface area contributed by atoms with Gasteiger partial charge >= 0.3 is 5.97 Å². The van der Waals surface area contributed by atoms with E-state index in [0.29, 0.717) is 26.1 Å². The van der Waals surface area contributed by atoms with Crippen molar-refractivity contribution in [3.05, 3.63) is 65.0 Å². The summed E-state index contributed by atoms with van der Waals surface area (Å²) < 4.78 is 34.7. The molecule has 7 heteroatoms. The summed E-state index contributed by atoms with van der Waals surface area (Å²) in [5.74, 6) is -1.61. The van der Waals surface area contributed by atoms with Crippen LogP contribution in [-0.4, -0.2) is 33.8 Å². The number of ether oxygens (including phenoxy) is 1. The van der Waals surface area contributed by atoms with E-state index in [4.69, 9.17) is 4.74 Å². The molecule has 138 valence electrons. The van der Waals surface area contributed by atoms with E-state index >= 15 is 0 Å². The van der Waals surface area contributed by atoms with E-state index in [1.807, 2.05) is 4.90 Å². The number of halogens is 2. The SMILES string of the molecule is C=CCn1nc(C(=O)OCC)c2c1CCN(Cc1c(F)cccc1F)C2. The van der Waals surface area contributed by atoms with Gasteiger partial charge in [-0.1, -0.05) is 12.1 Å². The number of rotatable bonds is 6. The molecule has 1 aromatic carbocycles. The highest BCUT2D eigenvalue weighted by Crippen LogP contribution is 2.26. The molecule has 0 unspecified atom stereocenters. The van der Waals surface area contributed by atoms with Gasteiger partial charge in [0.25, 0.3) is 0 Å². The topological polar surface area (TPSA) is 47.4 Å². The van der Waals surface area contributed by atoms with E-state index in [0.717, 1.165) is 11.3 Å². The average molecular weight is 361 g/mol. The first-order valence-corrected chi connectivity index (χ1v) is 8.57. The lowest BCUT2D eigenvalue weighted by molar-refractivity contribution is 0.0515. The number of benzene rings is 1. The molecule has 2 aromatic rings. The Hall–Kier alpha value is -2.54. The third-order valence-corrected chi connectivity index (χ3v) is 4.43. The number of aromatic nitrogens is 2. The molecule has 0 radical (unpaired) electrons. The fraction of sp³-hybridized carbons (Fsp3) is 0.368. The summed E-state index contributed by atoms with van der Waals surface area (Å²) >= 11 is 0. The van der Waals surface area contributed by atoms with Gasteiger partial charge in [-0.3, -0.25) is 9.58 Å². The lowest BCUT2D eigenvalue weighted by Crippen LogP contribution is -2.32. The van der Waals surface area contributed by atoms with Crippen molar-refractivity contribution in [1.82, 2.24) is 14.7 Å². The van der Waals surface area contributed by atoms with E-state index in [1.165, 1.54) is 18.2 Å². The molecule has 1 aromatic heterocycles. The monoisotopic (exact) mass is 361 g/mol. The summed E-state index contributed by atoms with van der Waals surface area (Å²) in [6.07, 6.45) is 2.34. The molecule has 0 aliphatic carbocycles. The Morgan fingerprint density at radius 1 is 1.38 bits per heavy atom. The van der Waals surface area contributed by atoms with Crippen LogP contribution in [0.1, 0.15) is 34.2 Å². The van der Waals surface area contributed by atoms with Crippen LogP contribution in [-0.2, 0) is 30.8 Å². The number of carbonyl (C=O) groups excluding carboxylic acids is 1. The fourth-order valence-electron chi connectivity index (χ4n) is 3.23. The lowest BCUT2D eigenvalue weighted by Gasteiger charge is -2.27. The predicted molar refractivity (Wildman–Crippen MR) is 92.6 cm³/mol. The van der Waals surface area contributed by atoms with Crippen LogP contribution < -0.4 is 0 Å². The van der Waals surface area contributed by atoms with E-state index in [2.05, 4.69) is 11.7 Å². The van der Waals surface area contributed by atoms with E-state index in [-0.39, 0.29) is 24.4 Å². The maximum Gasteiger partial charge on any atom is 0.359 e. The molecule has 0 bridgehead atoms. The number of nitrogens with zero attached hydrogens (tertiary/aromatic N) is 3. The molecule has 1 aliphatic rings. The van der Waals surface area contributed by atoms with Crippen LogP contribution in [0.15, 0.2) is 30.9 Å². The van der Waals surface area contributed by atoms with Gasteiger partial charge in [0.2, 0.25) is 0 Å². The summed E-state index contributed by atoms with van der Waals surface area (Å²) in [5, 5.41) is 4.37. The highest BCUT2D eigenvalue weighted by molar-refractivity contribution is 5.89. The van der Waals surface area contributed by atoms with Crippen LogP contribution in [0, 0.1) is 11.6 Å². The predicted octanol–water partition coefficient (Wildman–Crippen LogP) is 3.08. The van der Waals surface area contributed by atoms with Crippen LogP contribution in [0.4, 0.5) is 8.78 Å². The van der Waals surface area contributed by atoms with E-state index in [1.54, 1.807) is 17.7 Å². The molecule has 5 nitrogen and oxygen atoms in total. The van der Waals surface area contributed by atoms with Gasteiger partial charge in [-0.25, -0.2) is 13.6 Å². The highest BCUT2D eigenvalue weighted by atomic mass is 19.1. The Kier molecular flexibility index (Phi) is 5.46. The van der Waals surface area contributed by atoms with Crippen molar-refractivity contribution in [3.63, 3.8) is 0 Å². The largest absolute Gasteiger partial charge is 0.461 e. The summed E-state index contributed by atoms with van der Waals surface area (Å²) in [5.41, 5.74) is 2.00. The second-order valence-electron chi connectivity index (χ2n) is 6.13. The minimum atomic E-state index is -0.566. The Labute approximate surface area is 150 Å². The molecular formula is C19H21F2N3O2. The summed E-state index contributed by atoms with van der Waals surface area (Å²) in [7, 11) is 0. The van der Waals surface area contributed by atoms with Gasteiger partial charge in [-0.05, 0) is 19.1 Å². The first-order chi connectivity index (χ1) is 12.5. The maximum atomic E-state index is 13.9. The standard InChI is InChI=1S/C19H21F2N3O2/c1-3-9-24-17-8-10-23(11-13-15(20)6-5-7-16(13)21)12-14(17)18(22-24)19(25)26-4-2/h3,5-7H,1,4,8-12H2,2H3. The molecule has 0 spiro atoms. The lowest BCUT2D eigenvalue weighted by atomic mass is 10.0. The Balaban J connectivity index is 1.89. The maximum absolute atomic E-state index is 13.9. The molecule has 0 N–H and O–H groups in total. The van der Waals surface area contributed by atoms with Gasteiger partial charge in [-0.15, -0.1) is 6.58 Å². The minimum Gasteiger partial charge on any atom is -0.461 e. The number of fused-ring (bicyclic) bond motifs is 1. The third-order valence-electron chi connectivity index (χ3n) is 4.43. The first-order valence-electron chi connectivity index (χ1n) is 8.57. The van der Waals surface area contributed by atoms with Gasteiger partial charge in [0.15, 0.2) is 5.69 Å². The van der Waals surface area contributed by atoms with Crippen molar-refractivity contribution >= 4 is 5.97 Å². The zero-order chi connectivity index (χ0) is 18.7. The number of carbonyl (C=O) groups is 1. The number of esters is 1. The van der Waals surface area contributed by atoms with Crippen molar-refractivity contribution in [2.45, 2.75) is 33.0 Å². The van der Waals surface area contributed by atoms with Crippen LogP contribution in [0.2, 0.25) is 0 Å². The molecule has 0 saturated heterocycles. The van der Waals surface area contributed by atoms with Crippen LogP contribution >= 0.6 is 0 Å². The number of hydrogen-bond acceptors (Lipinski definition) is 4. The van der Waals surface area contributed by atoms with Crippen molar-refractivity contribution in [2.24, 2.45) is 0 Å². The molecule has 3 rings (SSSR count). The highest BCUT2D eigenvalue weighted by Gasteiger charge is 2.29. The van der Waals surface area contributed by atoms with Gasteiger partial charge in [0, 0.05) is 42.9 Å². The Morgan fingerprint density at radius 3 is 2.77 bits per heavy atom. The molecule has 1 aliphatic heterocycles.